The topological polar surface area (TPSA) is 59.1 Å². The minimum absolute atomic E-state index is 0.125. The molecule has 0 unspecified atom stereocenters. The predicted molar refractivity (Wildman–Crippen MR) is 95.9 cm³/mol. The molecular weight excluding hydrogens is 344 g/mol. The fraction of sp³-hybridized carbons (Fsp3) is 0.556. The van der Waals surface area contributed by atoms with Crippen LogP contribution in [0.15, 0.2) is 24.3 Å². The van der Waals surface area contributed by atoms with Gasteiger partial charge in [-0.3, -0.25) is 14.5 Å². The summed E-state index contributed by atoms with van der Waals surface area (Å²) in [5, 5.41) is 0.518. The summed E-state index contributed by atoms with van der Waals surface area (Å²) in [6.45, 7) is 6.88. The lowest BCUT2D eigenvalue weighted by Gasteiger charge is -2.30. The summed E-state index contributed by atoms with van der Waals surface area (Å²) >= 11 is 5.99. The van der Waals surface area contributed by atoms with Gasteiger partial charge in [-0.1, -0.05) is 17.7 Å². The average Bonchev–Trinajstić information content (AvgIpc) is 2.62. The molecular formula is C18H25ClN2O4. The Labute approximate surface area is 153 Å². The van der Waals surface area contributed by atoms with Crippen LogP contribution in [0.1, 0.15) is 23.7 Å². The average molecular weight is 369 g/mol. The lowest BCUT2D eigenvalue weighted by atomic mass is 10.2. The smallest absolute Gasteiger partial charge is 0.307 e. The highest BCUT2D eigenvalue weighted by Crippen LogP contribution is 2.13. The van der Waals surface area contributed by atoms with Crippen molar-refractivity contribution in [2.75, 3.05) is 52.5 Å². The first-order chi connectivity index (χ1) is 12.1. The fourth-order valence-corrected chi connectivity index (χ4v) is 2.86. The molecule has 1 heterocycles. The third-order valence-corrected chi connectivity index (χ3v) is 4.27. The molecule has 1 aliphatic rings. The molecule has 1 aliphatic heterocycles. The third kappa shape index (κ3) is 6.65. The van der Waals surface area contributed by atoms with E-state index in [1.54, 1.807) is 36.1 Å². The van der Waals surface area contributed by atoms with Crippen molar-refractivity contribution in [2.45, 2.75) is 13.3 Å². The number of morpholine rings is 1. The van der Waals surface area contributed by atoms with E-state index in [1.807, 2.05) is 0 Å². The SMILES string of the molecule is CCOC(=O)CCN(CCN1CCOCC1)C(=O)c1cccc(Cl)c1. The minimum atomic E-state index is -0.294. The molecule has 0 saturated carbocycles. The molecule has 1 fully saturated rings. The predicted octanol–water partition coefficient (Wildman–Crippen LogP) is 2.07. The number of rotatable bonds is 8. The van der Waals surface area contributed by atoms with Gasteiger partial charge in [0.1, 0.15) is 0 Å². The van der Waals surface area contributed by atoms with E-state index in [0.29, 0.717) is 43.5 Å². The van der Waals surface area contributed by atoms with Crippen LogP contribution in [0.4, 0.5) is 0 Å². The highest BCUT2D eigenvalue weighted by atomic mass is 35.5. The Hall–Kier alpha value is -1.63. The lowest BCUT2D eigenvalue weighted by Crippen LogP contribution is -2.43. The summed E-state index contributed by atoms with van der Waals surface area (Å²) in [5.41, 5.74) is 0.526. The molecule has 0 N–H and O–H groups in total. The third-order valence-electron chi connectivity index (χ3n) is 4.04. The number of hydrogen-bond donors (Lipinski definition) is 0. The summed E-state index contributed by atoms with van der Waals surface area (Å²) in [4.78, 5) is 28.4. The quantitative estimate of drug-likeness (QED) is 0.657. The van der Waals surface area contributed by atoms with Gasteiger partial charge in [-0.25, -0.2) is 0 Å². The maximum absolute atomic E-state index is 12.8. The second kappa shape index (κ2) is 10.4. The summed E-state index contributed by atoms with van der Waals surface area (Å²) in [7, 11) is 0. The van der Waals surface area contributed by atoms with Crippen LogP contribution >= 0.6 is 11.6 Å². The number of esters is 1. The lowest BCUT2D eigenvalue weighted by molar-refractivity contribution is -0.143. The zero-order valence-corrected chi connectivity index (χ0v) is 15.3. The van der Waals surface area contributed by atoms with Crippen LogP contribution < -0.4 is 0 Å². The molecule has 1 amide bonds. The molecule has 25 heavy (non-hydrogen) atoms. The van der Waals surface area contributed by atoms with Gasteiger partial charge in [-0.15, -0.1) is 0 Å². The van der Waals surface area contributed by atoms with Gasteiger partial charge < -0.3 is 14.4 Å². The highest BCUT2D eigenvalue weighted by molar-refractivity contribution is 6.30. The molecule has 0 aliphatic carbocycles. The molecule has 1 saturated heterocycles. The Morgan fingerprint density at radius 2 is 2.04 bits per heavy atom. The number of amides is 1. The van der Waals surface area contributed by atoms with Crippen molar-refractivity contribution in [1.82, 2.24) is 9.80 Å². The number of halogens is 1. The number of benzene rings is 1. The van der Waals surface area contributed by atoms with Crippen molar-refractivity contribution < 1.29 is 19.1 Å². The van der Waals surface area contributed by atoms with Gasteiger partial charge in [-0.05, 0) is 25.1 Å². The van der Waals surface area contributed by atoms with E-state index in [0.717, 1.165) is 19.6 Å². The maximum atomic E-state index is 12.8. The van der Waals surface area contributed by atoms with Crippen LogP contribution in [-0.2, 0) is 14.3 Å². The maximum Gasteiger partial charge on any atom is 0.307 e. The van der Waals surface area contributed by atoms with Crippen molar-refractivity contribution in [3.8, 4) is 0 Å². The summed E-state index contributed by atoms with van der Waals surface area (Å²) < 4.78 is 10.3. The van der Waals surface area contributed by atoms with Gasteiger partial charge in [0, 0.05) is 43.3 Å². The molecule has 0 aromatic heterocycles. The van der Waals surface area contributed by atoms with Gasteiger partial charge in [0.2, 0.25) is 0 Å². The van der Waals surface area contributed by atoms with E-state index in [-0.39, 0.29) is 18.3 Å². The normalized spacial score (nSPS) is 15.0. The van der Waals surface area contributed by atoms with Crippen LogP contribution in [-0.4, -0.2) is 74.2 Å². The molecule has 6 nitrogen and oxygen atoms in total. The van der Waals surface area contributed by atoms with Crippen LogP contribution in [0.5, 0.6) is 0 Å². The van der Waals surface area contributed by atoms with E-state index in [2.05, 4.69) is 4.90 Å². The standard InChI is InChI=1S/C18H25ClN2O4/c1-2-25-17(22)6-7-21(9-8-20-10-12-24-13-11-20)18(23)15-4-3-5-16(19)14-15/h3-5,14H,2,6-13H2,1H3. The molecule has 0 spiro atoms. The van der Waals surface area contributed by atoms with Crippen molar-refractivity contribution in [3.63, 3.8) is 0 Å². The molecule has 0 atom stereocenters. The van der Waals surface area contributed by atoms with Crippen LogP contribution in [0.3, 0.4) is 0 Å². The molecule has 2 rings (SSSR count). The molecule has 7 heteroatoms. The largest absolute Gasteiger partial charge is 0.466 e. The van der Waals surface area contributed by atoms with Gasteiger partial charge in [0.15, 0.2) is 0 Å². The first-order valence-electron chi connectivity index (χ1n) is 8.60. The number of carbonyl (C=O) groups excluding carboxylic acids is 2. The number of nitrogens with zero attached hydrogens (tertiary/aromatic N) is 2. The number of hydrogen-bond acceptors (Lipinski definition) is 5. The zero-order valence-electron chi connectivity index (χ0n) is 14.6. The fourth-order valence-electron chi connectivity index (χ4n) is 2.67. The summed E-state index contributed by atoms with van der Waals surface area (Å²) in [6.07, 6.45) is 0.184. The first kappa shape index (κ1) is 19.7. The zero-order chi connectivity index (χ0) is 18.1. The Kier molecular flexibility index (Phi) is 8.18. The Balaban J connectivity index is 1.99. The van der Waals surface area contributed by atoms with E-state index in [9.17, 15) is 9.59 Å². The van der Waals surface area contributed by atoms with Crippen LogP contribution in [0.2, 0.25) is 5.02 Å². The van der Waals surface area contributed by atoms with Gasteiger partial charge in [-0.2, -0.15) is 0 Å². The number of carbonyl (C=O) groups is 2. The molecule has 138 valence electrons. The van der Waals surface area contributed by atoms with Crippen molar-refractivity contribution in [1.29, 1.82) is 0 Å². The van der Waals surface area contributed by atoms with E-state index in [4.69, 9.17) is 21.1 Å². The Morgan fingerprint density at radius 1 is 1.28 bits per heavy atom. The van der Waals surface area contributed by atoms with Crippen molar-refractivity contribution in [2.24, 2.45) is 0 Å². The highest BCUT2D eigenvalue weighted by Gasteiger charge is 2.19. The van der Waals surface area contributed by atoms with Crippen molar-refractivity contribution in [3.05, 3.63) is 34.9 Å². The van der Waals surface area contributed by atoms with Gasteiger partial charge in [0.05, 0.1) is 26.2 Å². The van der Waals surface area contributed by atoms with Gasteiger partial charge in [0.25, 0.3) is 5.91 Å². The Bertz CT molecular complexity index is 576. The van der Waals surface area contributed by atoms with Crippen LogP contribution in [0, 0.1) is 0 Å². The minimum Gasteiger partial charge on any atom is -0.466 e. The van der Waals surface area contributed by atoms with E-state index >= 15 is 0 Å². The summed E-state index contributed by atoms with van der Waals surface area (Å²) in [6, 6.07) is 6.87. The second-order valence-corrected chi connectivity index (χ2v) is 6.25. The Morgan fingerprint density at radius 3 is 2.72 bits per heavy atom. The van der Waals surface area contributed by atoms with E-state index < -0.39 is 0 Å². The van der Waals surface area contributed by atoms with E-state index in [1.165, 1.54) is 0 Å². The molecule has 0 bridgehead atoms. The van der Waals surface area contributed by atoms with Gasteiger partial charge >= 0.3 is 5.97 Å². The summed E-state index contributed by atoms with van der Waals surface area (Å²) in [5.74, 6) is -0.419. The first-order valence-corrected chi connectivity index (χ1v) is 8.98. The molecule has 0 radical (unpaired) electrons. The molecule has 1 aromatic carbocycles. The van der Waals surface area contributed by atoms with Crippen LogP contribution in [0.25, 0.3) is 0 Å². The number of ether oxygens (including phenoxy) is 2. The second-order valence-electron chi connectivity index (χ2n) is 5.81. The molecule has 1 aromatic rings. The van der Waals surface area contributed by atoms with Crippen molar-refractivity contribution >= 4 is 23.5 Å². The monoisotopic (exact) mass is 368 g/mol.